The molecule has 27 heavy (non-hydrogen) atoms. The number of likely N-dealkylation sites (tertiary alicyclic amines) is 1. The van der Waals surface area contributed by atoms with Gasteiger partial charge in [0, 0.05) is 29.6 Å². The third-order valence-corrected chi connectivity index (χ3v) is 5.75. The van der Waals surface area contributed by atoms with Gasteiger partial charge in [-0.2, -0.15) is 4.98 Å². The first kappa shape index (κ1) is 17.9. The largest absolute Gasteiger partial charge is 0.349 e. The number of nitrogens with one attached hydrogen (secondary N) is 1. The number of benzene rings is 1. The summed E-state index contributed by atoms with van der Waals surface area (Å²) >= 11 is 1.54. The van der Waals surface area contributed by atoms with Gasteiger partial charge in [-0.1, -0.05) is 35.5 Å². The van der Waals surface area contributed by atoms with Gasteiger partial charge in [0.2, 0.25) is 11.7 Å². The summed E-state index contributed by atoms with van der Waals surface area (Å²) in [5.74, 6) is 1.29. The molecule has 2 aromatic heterocycles. The number of thiophene rings is 1. The second-order valence-corrected chi connectivity index (χ2v) is 8.10. The van der Waals surface area contributed by atoms with Crippen molar-refractivity contribution in [3.63, 3.8) is 0 Å². The zero-order valence-corrected chi connectivity index (χ0v) is 16.0. The number of nitrogens with zero attached hydrogens (tertiary/aromatic N) is 3. The number of piperidine rings is 1. The van der Waals surface area contributed by atoms with E-state index in [0.29, 0.717) is 18.3 Å². The minimum absolute atomic E-state index is 0.0379. The van der Waals surface area contributed by atoms with Gasteiger partial charge in [-0.15, -0.1) is 11.3 Å². The van der Waals surface area contributed by atoms with Crippen molar-refractivity contribution in [2.75, 3.05) is 13.1 Å². The predicted molar refractivity (Wildman–Crippen MR) is 105 cm³/mol. The van der Waals surface area contributed by atoms with Crippen LogP contribution >= 0.6 is 11.3 Å². The monoisotopic (exact) mass is 382 g/mol. The number of rotatable bonds is 5. The Morgan fingerprint density at radius 1 is 1.22 bits per heavy atom. The number of hydrogen-bond acceptors (Lipinski definition) is 6. The van der Waals surface area contributed by atoms with Crippen LogP contribution in [0.2, 0.25) is 0 Å². The molecule has 0 unspecified atom stereocenters. The van der Waals surface area contributed by atoms with Gasteiger partial charge < -0.3 is 9.84 Å². The molecule has 1 N–H and O–H groups in total. The molecule has 1 aromatic carbocycles. The zero-order chi connectivity index (χ0) is 18.6. The molecule has 6 nitrogen and oxygen atoms in total. The second kappa shape index (κ2) is 8.02. The Morgan fingerprint density at radius 3 is 2.70 bits per heavy atom. The summed E-state index contributed by atoms with van der Waals surface area (Å²) in [6, 6.07) is 13.9. The van der Waals surface area contributed by atoms with Crippen LogP contribution in [0.25, 0.3) is 11.4 Å². The van der Waals surface area contributed by atoms with E-state index in [1.807, 2.05) is 49.4 Å². The maximum Gasteiger partial charge on any atom is 0.261 e. The number of aryl methyl sites for hydroxylation is 1. The van der Waals surface area contributed by atoms with Crippen molar-refractivity contribution in [2.45, 2.75) is 32.4 Å². The van der Waals surface area contributed by atoms with Gasteiger partial charge in [0.15, 0.2) is 0 Å². The Balaban J connectivity index is 1.27. The highest BCUT2D eigenvalue weighted by Crippen LogP contribution is 2.19. The molecule has 3 aromatic rings. The number of aromatic nitrogens is 2. The Bertz CT molecular complexity index is 898. The summed E-state index contributed by atoms with van der Waals surface area (Å²) in [5.41, 5.74) is 0.956. The number of amides is 1. The summed E-state index contributed by atoms with van der Waals surface area (Å²) < 4.78 is 5.40. The number of carbonyl (C=O) groups is 1. The summed E-state index contributed by atoms with van der Waals surface area (Å²) in [6.45, 7) is 4.46. The maximum atomic E-state index is 12.3. The van der Waals surface area contributed by atoms with E-state index in [9.17, 15) is 4.79 Å². The first-order chi connectivity index (χ1) is 13.2. The third kappa shape index (κ3) is 4.43. The second-order valence-electron chi connectivity index (χ2n) is 6.81. The quantitative estimate of drug-likeness (QED) is 0.731. The smallest absolute Gasteiger partial charge is 0.261 e. The first-order valence-corrected chi connectivity index (χ1v) is 9.97. The minimum atomic E-state index is 0.0379. The normalized spacial score (nSPS) is 15.7. The van der Waals surface area contributed by atoms with Crippen LogP contribution in [0, 0.1) is 6.92 Å². The van der Waals surface area contributed by atoms with Crippen LogP contribution in [-0.2, 0) is 6.54 Å². The van der Waals surface area contributed by atoms with Crippen LogP contribution in [-0.4, -0.2) is 40.1 Å². The summed E-state index contributed by atoms with van der Waals surface area (Å²) in [7, 11) is 0. The van der Waals surface area contributed by atoms with Crippen molar-refractivity contribution >= 4 is 17.2 Å². The molecule has 0 saturated carbocycles. The molecule has 1 saturated heterocycles. The number of carbonyl (C=O) groups excluding carboxylic acids is 1. The Labute approximate surface area is 162 Å². The van der Waals surface area contributed by atoms with Crippen LogP contribution in [0.1, 0.15) is 33.3 Å². The molecule has 0 spiro atoms. The highest BCUT2D eigenvalue weighted by atomic mass is 32.1. The van der Waals surface area contributed by atoms with E-state index >= 15 is 0 Å². The lowest BCUT2D eigenvalue weighted by Crippen LogP contribution is -2.44. The van der Waals surface area contributed by atoms with E-state index < -0.39 is 0 Å². The van der Waals surface area contributed by atoms with E-state index in [1.165, 1.54) is 11.3 Å². The van der Waals surface area contributed by atoms with Crippen molar-refractivity contribution < 1.29 is 9.32 Å². The molecule has 0 bridgehead atoms. The maximum absolute atomic E-state index is 12.3. The van der Waals surface area contributed by atoms with E-state index in [4.69, 9.17) is 4.52 Å². The molecule has 1 aliphatic rings. The molecule has 0 radical (unpaired) electrons. The van der Waals surface area contributed by atoms with Crippen LogP contribution < -0.4 is 5.32 Å². The molecule has 1 fully saturated rings. The lowest BCUT2D eigenvalue weighted by atomic mass is 10.0. The minimum Gasteiger partial charge on any atom is -0.349 e. The summed E-state index contributed by atoms with van der Waals surface area (Å²) in [4.78, 5) is 21.0. The van der Waals surface area contributed by atoms with Crippen LogP contribution in [0.3, 0.4) is 0 Å². The van der Waals surface area contributed by atoms with Crippen molar-refractivity contribution in [2.24, 2.45) is 0 Å². The molecule has 0 aliphatic carbocycles. The van der Waals surface area contributed by atoms with Crippen molar-refractivity contribution in [3.05, 3.63) is 58.1 Å². The molecular formula is C20H22N4O2S. The third-order valence-electron chi connectivity index (χ3n) is 4.75. The summed E-state index contributed by atoms with van der Waals surface area (Å²) in [6.07, 6.45) is 1.85. The molecular weight excluding hydrogens is 360 g/mol. The topological polar surface area (TPSA) is 71.3 Å². The van der Waals surface area contributed by atoms with Crippen LogP contribution in [0.4, 0.5) is 0 Å². The van der Waals surface area contributed by atoms with Crippen LogP contribution in [0.5, 0.6) is 0 Å². The molecule has 3 heterocycles. The van der Waals surface area contributed by atoms with Crippen molar-refractivity contribution in [1.29, 1.82) is 0 Å². The Morgan fingerprint density at radius 2 is 2.00 bits per heavy atom. The first-order valence-electron chi connectivity index (χ1n) is 9.15. The Kier molecular flexibility index (Phi) is 5.31. The lowest BCUT2D eigenvalue weighted by molar-refractivity contribution is 0.0908. The zero-order valence-electron chi connectivity index (χ0n) is 15.2. The van der Waals surface area contributed by atoms with Crippen molar-refractivity contribution in [3.8, 4) is 11.4 Å². The SMILES string of the molecule is Cc1ccc(C(=O)NC2CCN(Cc3nc(-c4ccccc4)no3)CC2)s1. The fraction of sp³-hybridized carbons (Fsp3) is 0.350. The van der Waals surface area contributed by atoms with Gasteiger partial charge in [-0.3, -0.25) is 9.69 Å². The summed E-state index contributed by atoms with van der Waals surface area (Å²) in [5, 5.41) is 7.23. The molecule has 0 atom stereocenters. The van der Waals surface area contributed by atoms with Crippen LogP contribution in [0.15, 0.2) is 47.0 Å². The van der Waals surface area contributed by atoms with Crippen molar-refractivity contribution in [1.82, 2.24) is 20.4 Å². The van der Waals surface area contributed by atoms with Gasteiger partial charge >= 0.3 is 0 Å². The van der Waals surface area contributed by atoms with Gasteiger partial charge in [-0.05, 0) is 31.9 Å². The standard InChI is InChI=1S/C20H22N4O2S/c1-14-7-8-17(27-14)20(25)21-16-9-11-24(12-10-16)13-18-22-19(23-26-18)15-5-3-2-4-6-15/h2-8,16H,9-13H2,1H3,(H,21,25). The fourth-order valence-electron chi connectivity index (χ4n) is 3.26. The van der Waals surface area contributed by atoms with E-state index in [2.05, 4.69) is 20.4 Å². The van der Waals surface area contributed by atoms with Gasteiger partial charge in [0.1, 0.15) is 0 Å². The van der Waals surface area contributed by atoms with Gasteiger partial charge in [0.05, 0.1) is 11.4 Å². The molecule has 4 rings (SSSR count). The highest BCUT2D eigenvalue weighted by Gasteiger charge is 2.23. The Hall–Kier alpha value is -2.51. The number of hydrogen-bond donors (Lipinski definition) is 1. The van der Waals surface area contributed by atoms with Gasteiger partial charge in [0.25, 0.3) is 5.91 Å². The molecule has 140 valence electrons. The molecule has 7 heteroatoms. The fourth-order valence-corrected chi connectivity index (χ4v) is 4.03. The lowest BCUT2D eigenvalue weighted by Gasteiger charge is -2.31. The average Bonchev–Trinajstić information content (AvgIpc) is 3.33. The highest BCUT2D eigenvalue weighted by molar-refractivity contribution is 7.13. The van der Waals surface area contributed by atoms with E-state index in [0.717, 1.165) is 41.2 Å². The predicted octanol–water partition coefficient (Wildman–Crippen LogP) is 3.50. The van der Waals surface area contributed by atoms with E-state index in [-0.39, 0.29) is 11.9 Å². The van der Waals surface area contributed by atoms with E-state index in [1.54, 1.807) is 0 Å². The average molecular weight is 382 g/mol. The molecule has 1 aliphatic heterocycles. The molecule has 1 amide bonds. The van der Waals surface area contributed by atoms with Gasteiger partial charge in [-0.25, -0.2) is 0 Å².